The van der Waals surface area contributed by atoms with Gasteiger partial charge in [-0.05, 0) is 18.4 Å². The first-order valence-electron chi connectivity index (χ1n) is 10.1. The molecule has 34 heavy (non-hydrogen) atoms. The van der Waals surface area contributed by atoms with Gasteiger partial charge in [0, 0.05) is 54.8 Å². The number of hydrogen-bond donors (Lipinski definition) is 3. The Kier molecular flexibility index (Phi) is 10.4. The number of carboxylic acid groups (broad SMARTS) is 2. The lowest BCUT2D eigenvalue weighted by atomic mass is 10.2. The highest BCUT2D eigenvalue weighted by atomic mass is 32.1. The monoisotopic (exact) mass is 498 g/mol. The molecule has 0 bridgehead atoms. The van der Waals surface area contributed by atoms with Crippen LogP contribution in [0.1, 0.15) is 17.4 Å². The third kappa shape index (κ3) is 8.79. The molecule has 184 valence electrons. The van der Waals surface area contributed by atoms with Gasteiger partial charge in [-0.25, -0.2) is 23.2 Å². The highest BCUT2D eigenvalue weighted by Crippen LogP contribution is 2.23. The zero-order chi connectivity index (χ0) is 25.1. The van der Waals surface area contributed by atoms with Gasteiger partial charge >= 0.3 is 18.0 Å². The highest BCUT2D eigenvalue weighted by Gasteiger charge is 2.25. The van der Waals surface area contributed by atoms with Gasteiger partial charge in [-0.3, -0.25) is 0 Å². The Bertz CT molecular complexity index is 976. The number of nitrogens with zero attached hydrogens (tertiary/aromatic N) is 1. The largest absolute Gasteiger partial charge is 0.488 e. The van der Waals surface area contributed by atoms with Crippen molar-refractivity contribution in [1.82, 2.24) is 10.2 Å². The predicted molar refractivity (Wildman–Crippen MR) is 119 cm³/mol. The van der Waals surface area contributed by atoms with Crippen molar-refractivity contribution in [2.75, 3.05) is 19.6 Å². The van der Waals surface area contributed by atoms with Crippen LogP contribution in [-0.2, 0) is 27.5 Å². The number of ether oxygens (including phenoxy) is 2. The van der Waals surface area contributed by atoms with Crippen molar-refractivity contribution < 1.29 is 42.9 Å². The SMILES string of the molecule is C[C@@H]1CNCCN1C(=O)OCc1c(F)cc(OCc2cccs2)cc1F.O=C(O)C=CC(=O)O. The van der Waals surface area contributed by atoms with Crippen LogP contribution in [0.15, 0.2) is 41.8 Å². The fourth-order valence-electron chi connectivity index (χ4n) is 2.82. The molecular formula is C22H24F2N2O7S. The fourth-order valence-corrected chi connectivity index (χ4v) is 3.44. The van der Waals surface area contributed by atoms with Crippen LogP contribution >= 0.6 is 11.3 Å². The number of piperazine rings is 1. The summed E-state index contributed by atoms with van der Waals surface area (Å²) >= 11 is 1.50. The predicted octanol–water partition coefficient (Wildman–Crippen LogP) is 3.25. The molecule has 1 amide bonds. The highest BCUT2D eigenvalue weighted by molar-refractivity contribution is 7.09. The zero-order valence-electron chi connectivity index (χ0n) is 18.2. The molecule has 0 aliphatic carbocycles. The summed E-state index contributed by atoms with van der Waals surface area (Å²) in [6.45, 7) is 3.49. The second-order valence-electron chi connectivity index (χ2n) is 7.04. The Balaban J connectivity index is 0.000000440. The Morgan fingerprint density at radius 3 is 2.35 bits per heavy atom. The number of nitrogens with one attached hydrogen (secondary N) is 1. The van der Waals surface area contributed by atoms with E-state index in [0.717, 1.165) is 17.0 Å². The third-order valence-electron chi connectivity index (χ3n) is 4.52. The number of carbonyl (C=O) groups excluding carboxylic acids is 1. The summed E-state index contributed by atoms with van der Waals surface area (Å²) in [5.74, 6) is -4.02. The maximum absolute atomic E-state index is 14.2. The van der Waals surface area contributed by atoms with Gasteiger partial charge in [-0.15, -0.1) is 11.3 Å². The molecule has 0 spiro atoms. The first-order chi connectivity index (χ1) is 16.2. The average molecular weight is 499 g/mol. The molecule has 1 aromatic carbocycles. The Hall–Kier alpha value is -3.51. The van der Waals surface area contributed by atoms with Gasteiger partial charge in [-0.2, -0.15) is 0 Å². The molecule has 0 unspecified atom stereocenters. The zero-order valence-corrected chi connectivity index (χ0v) is 19.0. The molecule has 0 saturated carbocycles. The molecule has 1 fully saturated rings. The minimum Gasteiger partial charge on any atom is -0.488 e. The second kappa shape index (κ2) is 13.3. The van der Waals surface area contributed by atoms with E-state index >= 15 is 0 Å². The van der Waals surface area contributed by atoms with Crippen LogP contribution in [0.4, 0.5) is 13.6 Å². The fraction of sp³-hybridized carbons (Fsp3) is 0.318. The van der Waals surface area contributed by atoms with E-state index in [4.69, 9.17) is 19.7 Å². The lowest BCUT2D eigenvalue weighted by molar-refractivity contribution is -0.134. The van der Waals surface area contributed by atoms with Crippen LogP contribution in [0, 0.1) is 11.6 Å². The first kappa shape index (κ1) is 26.7. The van der Waals surface area contributed by atoms with E-state index in [-0.39, 0.29) is 24.0 Å². The van der Waals surface area contributed by atoms with Crippen LogP contribution in [0.5, 0.6) is 5.75 Å². The van der Waals surface area contributed by atoms with Crippen LogP contribution in [0.3, 0.4) is 0 Å². The molecule has 2 aromatic rings. The Labute approximate surface area is 198 Å². The minimum atomic E-state index is -1.26. The number of benzene rings is 1. The average Bonchev–Trinajstić information content (AvgIpc) is 3.30. The molecular weight excluding hydrogens is 474 g/mol. The van der Waals surface area contributed by atoms with Crippen LogP contribution in [0.25, 0.3) is 0 Å². The summed E-state index contributed by atoms with van der Waals surface area (Å²) in [7, 11) is 0. The summed E-state index contributed by atoms with van der Waals surface area (Å²) in [6, 6.07) is 5.93. The molecule has 3 N–H and O–H groups in total. The molecule has 3 rings (SSSR count). The van der Waals surface area contributed by atoms with E-state index in [0.29, 0.717) is 31.8 Å². The van der Waals surface area contributed by atoms with E-state index in [1.807, 2.05) is 24.4 Å². The van der Waals surface area contributed by atoms with Gasteiger partial charge in [0.05, 0.1) is 5.56 Å². The van der Waals surface area contributed by atoms with Crippen molar-refractivity contribution in [2.45, 2.75) is 26.2 Å². The number of rotatable bonds is 7. The molecule has 1 saturated heterocycles. The van der Waals surface area contributed by atoms with Crippen molar-refractivity contribution >= 4 is 29.4 Å². The van der Waals surface area contributed by atoms with Crippen molar-refractivity contribution in [3.8, 4) is 5.75 Å². The lowest BCUT2D eigenvalue weighted by Crippen LogP contribution is -2.52. The first-order valence-corrected chi connectivity index (χ1v) is 11.0. The number of amides is 1. The summed E-state index contributed by atoms with van der Waals surface area (Å²) in [5, 5.41) is 20.7. The van der Waals surface area contributed by atoms with Crippen LogP contribution < -0.4 is 10.1 Å². The van der Waals surface area contributed by atoms with Gasteiger partial charge in [0.1, 0.15) is 30.6 Å². The van der Waals surface area contributed by atoms with Gasteiger partial charge < -0.3 is 29.9 Å². The standard InChI is InChI=1S/C18H20F2N2O3S.C4H4O4/c1-12-9-21-4-5-22(12)18(23)25-11-15-16(19)7-13(8-17(15)20)24-10-14-3-2-6-26-14;5-3(6)1-2-4(7)8/h2-3,6-8,12,21H,4-5,9-11H2,1H3;1-2H,(H,5,6)(H,7,8)/t12-;/m1./s1. The Morgan fingerprint density at radius 1 is 1.18 bits per heavy atom. The normalized spacial score (nSPS) is 15.4. The quantitative estimate of drug-likeness (QED) is 0.497. The molecule has 2 heterocycles. The molecule has 12 heteroatoms. The van der Waals surface area contributed by atoms with Gasteiger partial charge in [0.2, 0.25) is 0 Å². The molecule has 1 aliphatic heterocycles. The number of hydrogen-bond acceptors (Lipinski definition) is 7. The molecule has 9 nitrogen and oxygen atoms in total. The van der Waals surface area contributed by atoms with Gasteiger partial charge in [0.25, 0.3) is 0 Å². The number of halogens is 2. The number of aliphatic carboxylic acids is 2. The molecule has 1 aromatic heterocycles. The summed E-state index contributed by atoms with van der Waals surface area (Å²) in [4.78, 5) is 33.7. The number of thiophene rings is 1. The third-order valence-corrected chi connectivity index (χ3v) is 5.37. The van der Waals surface area contributed by atoms with Crippen molar-refractivity contribution in [3.05, 3.63) is 63.9 Å². The van der Waals surface area contributed by atoms with E-state index in [2.05, 4.69) is 5.32 Å². The maximum atomic E-state index is 14.2. The molecule has 1 atom stereocenters. The van der Waals surface area contributed by atoms with Crippen LogP contribution in [0.2, 0.25) is 0 Å². The van der Waals surface area contributed by atoms with E-state index in [1.165, 1.54) is 11.3 Å². The number of carboxylic acids is 2. The van der Waals surface area contributed by atoms with Crippen molar-refractivity contribution in [3.63, 3.8) is 0 Å². The van der Waals surface area contributed by atoms with Crippen LogP contribution in [-0.4, -0.2) is 58.8 Å². The molecule has 1 aliphatic rings. The molecule has 0 radical (unpaired) electrons. The van der Waals surface area contributed by atoms with E-state index in [9.17, 15) is 23.2 Å². The number of carbonyl (C=O) groups is 3. The second-order valence-corrected chi connectivity index (χ2v) is 8.08. The van der Waals surface area contributed by atoms with E-state index < -0.39 is 36.3 Å². The van der Waals surface area contributed by atoms with Gasteiger partial charge in [0.15, 0.2) is 0 Å². The smallest absolute Gasteiger partial charge is 0.410 e. The summed E-state index contributed by atoms with van der Waals surface area (Å²) < 4.78 is 38.9. The summed E-state index contributed by atoms with van der Waals surface area (Å²) in [5.41, 5.74) is -0.287. The Morgan fingerprint density at radius 2 is 1.82 bits per heavy atom. The topological polar surface area (TPSA) is 125 Å². The van der Waals surface area contributed by atoms with Crippen molar-refractivity contribution in [2.24, 2.45) is 0 Å². The van der Waals surface area contributed by atoms with Gasteiger partial charge in [-0.1, -0.05) is 6.07 Å². The minimum absolute atomic E-state index is 0.0287. The summed E-state index contributed by atoms with van der Waals surface area (Å²) in [6.07, 6.45) is 0.542. The maximum Gasteiger partial charge on any atom is 0.410 e. The lowest BCUT2D eigenvalue weighted by Gasteiger charge is -2.33. The van der Waals surface area contributed by atoms with E-state index in [1.54, 1.807) is 4.90 Å². The van der Waals surface area contributed by atoms with Crippen molar-refractivity contribution in [1.29, 1.82) is 0 Å².